The summed E-state index contributed by atoms with van der Waals surface area (Å²) in [6, 6.07) is 0. The summed E-state index contributed by atoms with van der Waals surface area (Å²) in [5.74, 6) is -0.145. The molecule has 0 aromatic carbocycles. The predicted molar refractivity (Wildman–Crippen MR) is 64.0 cm³/mol. The average Bonchev–Trinajstić information content (AvgIpc) is 2.14. The lowest BCUT2D eigenvalue weighted by molar-refractivity contribution is -0.118. The molecule has 85 valence electrons. The molecule has 0 aromatic heterocycles. The van der Waals surface area contributed by atoms with Gasteiger partial charge in [0.05, 0.1) is 0 Å². The SMILES string of the molecule is [BH]OC(C)(C)CCC(C)(C)NC(=O)C=C. The van der Waals surface area contributed by atoms with E-state index in [-0.39, 0.29) is 17.0 Å². The Labute approximate surface area is 93.7 Å². The molecule has 0 unspecified atom stereocenters. The van der Waals surface area contributed by atoms with Crippen molar-refractivity contribution in [2.45, 2.75) is 51.7 Å². The summed E-state index contributed by atoms with van der Waals surface area (Å²) >= 11 is 0. The molecule has 0 aliphatic carbocycles. The van der Waals surface area contributed by atoms with Crippen LogP contribution in [0, 0.1) is 0 Å². The van der Waals surface area contributed by atoms with E-state index in [9.17, 15) is 4.79 Å². The van der Waals surface area contributed by atoms with Crippen molar-refractivity contribution in [3.8, 4) is 0 Å². The van der Waals surface area contributed by atoms with E-state index in [0.717, 1.165) is 12.8 Å². The van der Waals surface area contributed by atoms with Crippen LogP contribution < -0.4 is 5.32 Å². The highest BCUT2D eigenvalue weighted by Gasteiger charge is 2.24. The lowest BCUT2D eigenvalue weighted by Crippen LogP contribution is -2.44. The molecular formula is C11H21BNO2. The maximum atomic E-state index is 11.1. The van der Waals surface area contributed by atoms with Crippen molar-refractivity contribution in [3.63, 3.8) is 0 Å². The minimum absolute atomic E-state index is 0.145. The van der Waals surface area contributed by atoms with Crippen LogP contribution in [0.2, 0.25) is 0 Å². The first-order valence-corrected chi connectivity index (χ1v) is 5.10. The normalized spacial score (nSPS) is 12.3. The Kier molecular flexibility index (Phi) is 5.08. The molecule has 0 atom stereocenters. The highest BCUT2D eigenvalue weighted by molar-refractivity contribution is 5.98. The Hall–Kier alpha value is -0.765. The van der Waals surface area contributed by atoms with Gasteiger partial charge in [-0.3, -0.25) is 4.79 Å². The van der Waals surface area contributed by atoms with Gasteiger partial charge in [0.2, 0.25) is 5.91 Å². The molecule has 0 fully saturated rings. The molecule has 0 heterocycles. The topological polar surface area (TPSA) is 38.3 Å². The van der Waals surface area contributed by atoms with Crippen LogP contribution >= 0.6 is 0 Å². The third-order valence-corrected chi connectivity index (χ3v) is 2.39. The monoisotopic (exact) mass is 210 g/mol. The maximum absolute atomic E-state index is 11.1. The van der Waals surface area contributed by atoms with Crippen molar-refractivity contribution >= 4 is 14.0 Å². The number of rotatable bonds is 6. The minimum atomic E-state index is -0.254. The lowest BCUT2D eigenvalue weighted by atomic mass is 9.91. The van der Waals surface area contributed by atoms with Gasteiger partial charge in [0.1, 0.15) is 0 Å². The van der Waals surface area contributed by atoms with Gasteiger partial charge in [-0.15, -0.1) is 0 Å². The second-order valence-electron chi connectivity index (χ2n) is 4.98. The van der Waals surface area contributed by atoms with Gasteiger partial charge in [0.15, 0.2) is 0 Å². The van der Waals surface area contributed by atoms with Crippen LogP contribution in [-0.2, 0) is 9.45 Å². The van der Waals surface area contributed by atoms with Gasteiger partial charge in [-0.1, -0.05) is 6.58 Å². The molecule has 0 aliphatic rings. The van der Waals surface area contributed by atoms with Crippen LogP contribution in [0.4, 0.5) is 0 Å². The number of hydrogen-bond acceptors (Lipinski definition) is 2. The Balaban J connectivity index is 4.15. The van der Waals surface area contributed by atoms with Crippen molar-refractivity contribution in [2.75, 3.05) is 0 Å². The molecule has 0 aliphatic heterocycles. The highest BCUT2D eigenvalue weighted by atomic mass is 16.4. The summed E-state index contributed by atoms with van der Waals surface area (Å²) in [4.78, 5) is 11.1. The third kappa shape index (κ3) is 6.34. The van der Waals surface area contributed by atoms with Gasteiger partial charge >= 0.3 is 0 Å². The quantitative estimate of drug-likeness (QED) is 0.532. The molecule has 1 amide bonds. The Morgan fingerprint density at radius 1 is 1.40 bits per heavy atom. The summed E-state index contributed by atoms with van der Waals surface area (Å²) < 4.78 is 5.08. The molecule has 0 saturated heterocycles. The molecule has 4 heteroatoms. The minimum Gasteiger partial charge on any atom is -0.441 e. The first-order valence-electron chi connectivity index (χ1n) is 5.10. The van der Waals surface area contributed by atoms with Gasteiger partial charge in [-0.2, -0.15) is 0 Å². The molecule has 15 heavy (non-hydrogen) atoms. The summed E-state index contributed by atoms with van der Waals surface area (Å²) in [6.45, 7) is 11.3. The van der Waals surface area contributed by atoms with E-state index in [4.69, 9.17) is 4.65 Å². The number of nitrogens with one attached hydrogen (secondary N) is 1. The second-order valence-corrected chi connectivity index (χ2v) is 4.98. The van der Waals surface area contributed by atoms with E-state index < -0.39 is 0 Å². The zero-order chi connectivity index (χ0) is 12.1. The third-order valence-electron chi connectivity index (χ3n) is 2.39. The maximum Gasteiger partial charge on any atom is 0.272 e. The van der Waals surface area contributed by atoms with Gasteiger partial charge < -0.3 is 9.97 Å². The van der Waals surface area contributed by atoms with Crippen molar-refractivity contribution in [2.24, 2.45) is 0 Å². The van der Waals surface area contributed by atoms with Crippen LogP contribution in [-0.4, -0.2) is 25.1 Å². The van der Waals surface area contributed by atoms with Crippen molar-refractivity contribution in [1.29, 1.82) is 0 Å². The van der Waals surface area contributed by atoms with Crippen LogP contribution in [0.1, 0.15) is 40.5 Å². The van der Waals surface area contributed by atoms with Crippen molar-refractivity contribution < 1.29 is 9.45 Å². The summed E-state index contributed by atoms with van der Waals surface area (Å²) in [6.07, 6.45) is 2.95. The van der Waals surface area contributed by atoms with Gasteiger partial charge in [0.25, 0.3) is 8.05 Å². The molecule has 1 N–H and O–H groups in total. The van der Waals surface area contributed by atoms with E-state index in [1.165, 1.54) is 6.08 Å². The van der Waals surface area contributed by atoms with E-state index in [0.29, 0.717) is 0 Å². The summed E-state index contributed by atoms with van der Waals surface area (Å²) in [7, 11) is 3.43. The van der Waals surface area contributed by atoms with Crippen molar-refractivity contribution in [1.82, 2.24) is 5.32 Å². The van der Waals surface area contributed by atoms with E-state index in [1.54, 1.807) is 0 Å². The number of hydrogen-bond donors (Lipinski definition) is 1. The molecule has 0 aromatic rings. The Morgan fingerprint density at radius 2 is 1.93 bits per heavy atom. The lowest BCUT2D eigenvalue weighted by Gasteiger charge is -2.31. The Bertz CT molecular complexity index is 237. The van der Waals surface area contributed by atoms with Crippen LogP contribution in [0.15, 0.2) is 12.7 Å². The number of carbonyl (C=O) groups excluding carboxylic acids is 1. The van der Waals surface area contributed by atoms with Crippen LogP contribution in [0.3, 0.4) is 0 Å². The standard InChI is InChI=1S/C11H21BNO2/c1-6-9(14)13-10(2,3)7-8-11(4,5)15-12/h6,12H,1,7-8H2,2-5H3,(H,13,14). The smallest absolute Gasteiger partial charge is 0.272 e. The highest BCUT2D eigenvalue weighted by Crippen LogP contribution is 2.21. The second kappa shape index (κ2) is 5.35. The first-order chi connectivity index (χ1) is 6.72. The van der Waals surface area contributed by atoms with Gasteiger partial charge in [-0.25, -0.2) is 0 Å². The summed E-state index contributed by atoms with van der Waals surface area (Å²) in [5.41, 5.74) is -0.503. The largest absolute Gasteiger partial charge is 0.441 e. The average molecular weight is 210 g/mol. The molecule has 0 spiro atoms. The predicted octanol–water partition coefficient (Wildman–Crippen LogP) is 1.46. The van der Waals surface area contributed by atoms with Crippen LogP contribution in [0.25, 0.3) is 0 Å². The molecule has 3 nitrogen and oxygen atoms in total. The fraction of sp³-hybridized carbons (Fsp3) is 0.727. The Morgan fingerprint density at radius 3 is 2.33 bits per heavy atom. The van der Waals surface area contributed by atoms with Crippen molar-refractivity contribution in [3.05, 3.63) is 12.7 Å². The number of amides is 1. The molecule has 1 radical (unpaired) electrons. The van der Waals surface area contributed by atoms with E-state index in [1.807, 2.05) is 27.7 Å². The number of carbonyl (C=O) groups is 1. The zero-order valence-electron chi connectivity index (χ0n) is 10.2. The van der Waals surface area contributed by atoms with Gasteiger partial charge in [-0.05, 0) is 46.6 Å². The summed E-state index contributed by atoms with van der Waals surface area (Å²) in [5, 5.41) is 2.87. The van der Waals surface area contributed by atoms with E-state index >= 15 is 0 Å². The molecule has 0 saturated carbocycles. The zero-order valence-corrected chi connectivity index (χ0v) is 10.2. The fourth-order valence-electron chi connectivity index (χ4n) is 1.13. The molecular weight excluding hydrogens is 189 g/mol. The van der Waals surface area contributed by atoms with Crippen LogP contribution in [0.5, 0.6) is 0 Å². The fourth-order valence-corrected chi connectivity index (χ4v) is 1.13. The van der Waals surface area contributed by atoms with Gasteiger partial charge in [0, 0.05) is 11.1 Å². The van der Waals surface area contributed by atoms with E-state index in [2.05, 4.69) is 19.9 Å². The first kappa shape index (κ1) is 14.2. The molecule has 0 rings (SSSR count). The molecule has 0 bridgehead atoms.